The zero-order valence-electron chi connectivity index (χ0n) is 10.2. The van der Waals surface area contributed by atoms with Crippen molar-refractivity contribution in [2.24, 2.45) is 5.92 Å². The Kier molecular flexibility index (Phi) is 3.75. The Balaban J connectivity index is 1.38. The average Bonchev–Trinajstić information content (AvgIpc) is 3.01. The topological polar surface area (TPSA) is 15.3 Å². The lowest BCUT2D eigenvalue weighted by Gasteiger charge is -2.26. The highest BCUT2D eigenvalue weighted by molar-refractivity contribution is 7.99. The summed E-state index contributed by atoms with van der Waals surface area (Å²) in [6, 6.07) is 1.70. The van der Waals surface area contributed by atoms with Crippen LogP contribution in [0.2, 0.25) is 0 Å². The van der Waals surface area contributed by atoms with Crippen LogP contribution >= 0.6 is 11.8 Å². The lowest BCUT2D eigenvalue weighted by molar-refractivity contribution is 0.261. The van der Waals surface area contributed by atoms with Crippen LogP contribution in [0.1, 0.15) is 32.1 Å². The first-order valence-electron chi connectivity index (χ1n) is 6.96. The Bertz CT molecular complexity index is 224. The van der Waals surface area contributed by atoms with Crippen molar-refractivity contribution in [2.45, 2.75) is 44.2 Å². The number of hydrogen-bond donors (Lipinski definition) is 1. The van der Waals surface area contributed by atoms with Crippen molar-refractivity contribution < 1.29 is 0 Å². The molecule has 3 heteroatoms. The van der Waals surface area contributed by atoms with Crippen molar-refractivity contribution >= 4 is 11.8 Å². The fraction of sp³-hybridized carbons (Fsp3) is 1.00. The molecule has 1 unspecified atom stereocenters. The highest BCUT2D eigenvalue weighted by atomic mass is 32.2. The molecule has 2 heterocycles. The minimum atomic E-state index is 0.811. The van der Waals surface area contributed by atoms with Gasteiger partial charge in [0.2, 0.25) is 0 Å². The van der Waals surface area contributed by atoms with Gasteiger partial charge in [0.1, 0.15) is 0 Å². The highest BCUT2D eigenvalue weighted by Gasteiger charge is 2.30. The molecule has 92 valence electrons. The molecule has 3 rings (SSSR count). The Hall–Kier alpha value is 0.270. The third-order valence-electron chi connectivity index (χ3n) is 4.18. The first kappa shape index (κ1) is 11.4. The first-order chi connectivity index (χ1) is 7.90. The molecule has 16 heavy (non-hydrogen) atoms. The van der Waals surface area contributed by atoms with Gasteiger partial charge in [0.15, 0.2) is 0 Å². The lowest BCUT2D eigenvalue weighted by Crippen LogP contribution is -2.36. The van der Waals surface area contributed by atoms with Gasteiger partial charge in [0.25, 0.3) is 0 Å². The van der Waals surface area contributed by atoms with Crippen LogP contribution in [0.4, 0.5) is 0 Å². The summed E-state index contributed by atoms with van der Waals surface area (Å²) < 4.78 is 0. The van der Waals surface area contributed by atoms with Gasteiger partial charge in [-0.3, -0.25) is 0 Å². The van der Waals surface area contributed by atoms with Crippen molar-refractivity contribution in [3.63, 3.8) is 0 Å². The van der Waals surface area contributed by atoms with E-state index in [4.69, 9.17) is 0 Å². The molecule has 0 amide bonds. The molecule has 3 aliphatic rings. The second-order valence-corrected chi connectivity index (χ2v) is 6.97. The summed E-state index contributed by atoms with van der Waals surface area (Å²) in [5.41, 5.74) is 0. The van der Waals surface area contributed by atoms with Gasteiger partial charge >= 0.3 is 0 Å². The third-order valence-corrected chi connectivity index (χ3v) is 5.23. The second-order valence-electron chi connectivity index (χ2n) is 5.74. The van der Waals surface area contributed by atoms with E-state index in [1.807, 2.05) is 0 Å². The van der Waals surface area contributed by atoms with Gasteiger partial charge in [-0.2, -0.15) is 11.8 Å². The quantitative estimate of drug-likeness (QED) is 0.809. The third kappa shape index (κ3) is 3.14. The van der Waals surface area contributed by atoms with Gasteiger partial charge in [-0.05, 0) is 56.1 Å². The summed E-state index contributed by atoms with van der Waals surface area (Å²) in [5.74, 6) is 3.81. The first-order valence-corrected chi connectivity index (χ1v) is 8.12. The van der Waals surface area contributed by atoms with E-state index in [0.717, 1.165) is 18.0 Å². The molecular formula is C13H24N2S. The molecule has 0 spiro atoms. The summed E-state index contributed by atoms with van der Waals surface area (Å²) in [6.07, 6.45) is 7.16. The maximum Gasteiger partial charge on any atom is 0.0209 e. The molecule has 1 saturated carbocycles. The SMILES string of the molecule is C1CC(CN2CCC(NC3CC3)C2)CCS1. The molecule has 0 bridgehead atoms. The van der Waals surface area contributed by atoms with Gasteiger partial charge in [-0.15, -0.1) is 0 Å². The minimum absolute atomic E-state index is 0.811. The number of hydrogen-bond acceptors (Lipinski definition) is 3. The van der Waals surface area contributed by atoms with Crippen LogP contribution in [0.25, 0.3) is 0 Å². The Morgan fingerprint density at radius 3 is 2.56 bits per heavy atom. The van der Waals surface area contributed by atoms with Gasteiger partial charge in [-0.1, -0.05) is 0 Å². The summed E-state index contributed by atoms with van der Waals surface area (Å²) >= 11 is 2.14. The van der Waals surface area contributed by atoms with Gasteiger partial charge < -0.3 is 10.2 Å². The van der Waals surface area contributed by atoms with Crippen molar-refractivity contribution in [3.05, 3.63) is 0 Å². The number of nitrogens with zero attached hydrogens (tertiary/aromatic N) is 1. The maximum atomic E-state index is 3.77. The van der Waals surface area contributed by atoms with Crippen molar-refractivity contribution in [3.8, 4) is 0 Å². The van der Waals surface area contributed by atoms with Gasteiger partial charge in [-0.25, -0.2) is 0 Å². The van der Waals surface area contributed by atoms with Crippen LogP contribution in [0, 0.1) is 5.92 Å². The van der Waals surface area contributed by atoms with E-state index in [2.05, 4.69) is 22.0 Å². The summed E-state index contributed by atoms with van der Waals surface area (Å²) in [6.45, 7) is 4.04. The van der Waals surface area contributed by atoms with Crippen LogP contribution in [-0.2, 0) is 0 Å². The fourth-order valence-electron chi connectivity index (χ4n) is 3.01. The van der Waals surface area contributed by atoms with Crippen LogP contribution in [0.15, 0.2) is 0 Å². The Labute approximate surface area is 104 Å². The molecule has 2 aliphatic heterocycles. The number of nitrogens with one attached hydrogen (secondary N) is 1. The average molecular weight is 240 g/mol. The molecule has 2 saturated heterocycles. The molecule has 1 atom stereocenters. The molecule has 0 aromatic heterocycles. The minimum Gasteiger partial charge on any atom is -0.310 e. The Morgan fingerprint density at radius 2 is 1.81 bits per heavy atom. The number of rotatable bonds is 4. The zero-order chi connectivity index (χ0) is 10.8. The largest absolute Gasteiger partial charge is 0.310 e. The van der Waals surface area contributed by atoms with Crippen LogP contribution in [0.3, 0.4) is 0 Å². The van der Waals surface area contributed by atoms with E-state index in [9.17, 15) is 0 Å². The van der Waals surface area contributed by atoms with Crippen molar-refractivity contribution in [1.29, 1.82) is 0 Å². The lowest BCUT2D eigenvalue weighted by atomic mass is 10.0. The predicted octanol–water partition coefficient (Wildman–Crippen LogP) is 1.96. The van der Waals surface area contributed by atoms with E-state index in [0.29, 0.717) is 0 Å². The van der Waals surface area contributed by atoms with Crippen molar-refractivity contribution in [1.82, 2.24) is 10.2 Å². The Morgan fingerprint density at radius 1 is 1.00 bits per heavy atom. The highest BCUT2D eigenvalue weighted by Crippen LogP contribution is 2.26. The van der Waals surface area contributed by atoms with Gasteiger partial charge in [0.05, 0.1) is 0 Å². The van der Waals surface area contributed by atoms with E-state index in [-0.39, 0.29) is 0 Å². The molecule has 2 nitrogen and oxygen atoms in total. The van der Waals surface area contributed by atoms with E-state index in [1.165, 1.54) is 63.2 Å². The monoisotopic (exact) mass is 240 g/mol. The number of likely N-dealkylation sites (tertiary alicyclic amines) is 1. The van der Waals surface area contributed by atoms with E-state index in [1.54, 1.807) is 0 Å². The molecule has 0 aromatic rings. The smallest absolute Gasteiger partial charge is 0.0209 e. The molecule has 0 radical (unpaired) electrons. The normalized spacial score (nSPS) is 33.4. The molecule has 1 aliphatic carbocycles. The molecular weight excluding hydrogens is 216 g/mol. The molecule has 1 N–H and O–H groups in total. The maximum absolute atomic E-state index is 3.77. The van der Waals surface area contributed by atoms with Crippen LogP contribution in [-0.4, -0.2) is 48.1 Å². The van der Waals surface area contributed by atoms with Crippen LogP contribution < -0.4 is 5.32 Å². The number of thioether (sulfide) groups is 1. The standard InChI is InChI=1S/C13H24N2S/c1-2-12(1)14-13-3-6-15(10-13)9-11-4-7-16-8-5-11/h11-14H,1-10H2. The summed E-state index contributed by atoms with van der Waals surface area (Å²) in [7, 11) is 0. The zero-order valence-corrected chi connectivity index (χ0v) is 11.0. The summed E-state index contributed by atoms with van der Waals surface area (Å²) in [4.78, 5) is 2.71. The van der Waals surface area contributed by atoms with Gasteiger partial charge in [0, 0.05) is 25.2 Å². The molecule has 3 fully saturated rings. The van der Waals surface area contributed by atoms with Crippen LogP contribution in [0.5, 0.6) is 0 Å². The van der Waals surface area contributed by atoms with E-state index < -0.39 is 0 Å². The summed E-state index contributed by atoms with van der Waals surface area (Å²) in [5, 5.41) is 3.77. The fourth-order valence-corrected chi connectivity index (χ4v) is 4.22. The predicted molar refractivity (Wildman–Crippen MR) is 71.1 cm³/mol. The van der Waals surface area contributed by atoms with Crippen molar-refractivity contribution in [2.75, 3.05) is 31.1 Å². The molecule has 0 aromatic carbocycles. The second kappa shape index (κ2) is 5.28. The van der Waals surface area contributed by atoms with E-state index >= 15 is 0 Å².